The van der Waals surface area contributed by atoms with Crippen molar-refractivity contribution in [2.24, 2.45) is 0 Å². The molecule has 1 unspecified atom stereocenters. The third-order valence-electron chi connectivity index (χ3n) is 7.34. The first-order valence-electron chi connectivity index (χ1n) is 14.6. The minimum Gasteiger partial charge on any atom is -0.481 e. The molecule has 4 rings (SSSR count). The van der Waals surface area contributed by atoms with E-state index in [1.165, 1.54) is 33.4 Å². The van der Waals surface area contributed by atoms with Gasteiger partial charge in [-0.15, -0.1) is 0 Å². The number of aliphatic carboxylic acids is 1. The van der Waals surface area contributed by atoms with Crippen molar-refractivity contribution < 1.29 is 9.90 Å². The van der Waals surface area contributed by atoms with Gasteiger partial charge in [-0.05, 0) is 72.0 Å². The van der Waals surface area contributed by atoms with Crippen LogP contribution in [0.4, 0.5) is 0 Å². The van der Waals surface area contributed by atoms with Crippen LogP contribution >= 0.6 is 0 Å². The van der Waals surface area contributed by atoms with Crippen molar-refractivity contribution in [2.45, 2.75) is 71.3 Å². The topological polar surface area (TPSA) is 49.3 Å². The Morgan fingerprint density at radius 1 is 0.950 bits per heavy atom. The summed E-state index contributed by atoms with van der Waals surface area (Å²) in [5.41, 5.74) is 8.42. The van der Waals surface area contributed by atoms with Gasteiger partial charge in [0.05, 0.1) is 0 Å². The fourth-order valence-electron chi connectivity index (χ4n) is 5.16. The molecule has 3 nitrogen and oxygen atoms in total. The van der Waals surface area contributed by atoms with Crippen LogP contribution in [0.25, 0.3) is 5.57 Å². The Labute approximate surface area is 241 Å². The molecule has 0 heterocycles. The normalized spacial score (nSPS) is 15.0. The van der Waals surface area contributed by atoms with Crippen LogP contribution in [0.2, 0.25) is 0 Å². The second kappa shape index (κ2) is 16.4. The van der Waals surface area contributed by atoms with Crippen LogP contribution in [0.5, 0.6) is 0 Å². The third kappa shape index (κ3) is 9.20. The molecule has 1 atom stereocenters. The molecule has 0 aliphatic heterocycles. The summed E-state index contributed by atoms with van der Waals surface area (Å²) < 4.78 is 0. The predicted molar refractivity (Wildman–Crippen MR) is 170 cm³/mol. The Morgan fingerprint density at radius 3 is 2.02 bits per heavy atom. The van der Waals surface area contributed by atoms with Crippen LogP contribution in [0.3, 0.4) is 0 Å². The van der Waals surface area contributed by atoms with E-state index in [-0.39, 0.29) is 12.3 Å². The maximum Gasteiger partial charge on any atom is 0.303 e. The summed E-state index contributed by atoms with van der Waals surface area (Å²) in [5.74, 6) is 0.0844. The number of benzene rings is 3. The summed E-state index contributed by atoms with van der Waals surface area (Å²) in [6.07, 6.45) is 12.9. The molecule has 3 aromatic carbocycles. The van der Waals surface area contributed by atoms with Gasteiger partial charge < -0.3 is 10.4 Å². The lowest BCUT2D eigenvalue weighted by atomic mass is 9.82. The van der Waals surface area contributed by atoms with Crippen molar-refractivity contribution in [1.82, 2.24) is 5.32 Å². The zero-order valence-corrected chi connectivity index (χ0v) is 24.5. The van der Waals surface area contributed by atoms with Gasteiger partial charge in [0.15, 0.2) is 0 Å². The lowest BCUT2D eigenvalue weighted by Gasteiger charge is -2.24. The molecular formula is C37H45NO2. The molecular weight excluding hydrogens is 490 g/mol. The van der Waals surface area contributed by atoms with E-state index in [1.54, 1.807) is 6.92 Å². The number of hydrogen-bond acceptors (Lipinski definition) is 2. The standard InChI is InChI=1S/C34H39N.C3H6O2/c1-4-27(33-20-12-11-19-32(33)26(2)3)18-13-25-35-31-23-21-30(22-24-31)34(28-14-7-5-8-15-28)29-16-9-6-10-17-29;1-2-3(4)5/h4-12,14-17,19-23,26,31,34-35H,13,18,24-25H2,1-3H3;2H2,1H3,(H,4,5)/b27-4-;. The van der Waals surface area contributed by atoms with E-state index in [9.17, 15) is 4.79 Å². The number of hydrogen-bond donors (Lipinski definition) is 2. The monoisotopic (exact) mass is 535 g/mol. The van der Waals surface area contributed by atoms with E-state index >= 15 is 0 Å². The maximum atomic E-state index is 9.37. The maximum absolute atomic E-state index is 9.37. The first-order valence-corrected chi connectivity index (χ1v) is 14.6. The molecule has 3 aromatic rings. The van der Waals surface area contributed by atoms with Crippen LogP contribution in [0.15, 0.2) is 115 Å². The van der Waals surface area contributed by atoms with E-state index in [1.807, 2.05) is 0 Å². The van der Waals surface area contributed by atoms with Gasteiger partial charge in [-0.2, -0.15) is 0 Å². The lowest BCUT2D eigenvalue weighted by Crippen LogP contribution is -2.29. The van der Waals surface area contributed by atoms with E-state index in [0.717, 1.165) is 25.8 Å². The van der Waals surface area contributed by atoms with Crippen molar-refractivity contribution in [3.05, 3.63) is 137 Å². The molecule has 3 heteroatoms. The summed E-state index contributed by atoms with van der Waals surface area (Å²) in [6.45, 7) is 9.37. The Hall–Kier alpha value is -3.69. The van der Waals surface area contributed by atoms with Gasteiger partial charge in [-0.1, -0.05) is 130 Å². The highest BCUT2D eigenvalue weighted by Gasteiger charge is 2.20. The van der Waals surface area contributed by atoms with Gasteiger partial charge in [0.1, 0.15) is 0 Å². The van der Waals surface area contributed by atoms with Gasteiger partial charge in [0.2, 0.25) is 0 Å². The number of rotatable bonds is 11. The average Bonchev–Trinajstić information content (AvgIpc) is 2.99. The summed E-state index contributed by atoms with van der Waals surface area (Å²) in [4.78, 5) is 9.37. The van der Waals surface area contributed by atoms with Crippen LogP contribution in [-0.4, -0.2) is 23.7 Å². The van der Waals surface area contributed by atoms with Crippen LogP contribution < -0.4 is 5.32 Å². The highest BCUT2D eigenvalue weighted by atomic mass is 16.4. The smallest absolute Gasteiger partial charge is 0.303 e. The fraction of sp³-hybridized carbons (Fsp3) is 0.324. The molecule has 1 aliphatic rings. The van der Waals surface area contributed by atoms with Gasteiger partial charge in [0.25, 0.3) is 0 Å². The van der Waals surface area contributed by atoms with E-state index in [2.05, 4.69) is 135 Å². The molecule has 2 N–H and O–H groups in total. The van der Waals surface area contributed by atoms with E-state index in [0.29, 0.717) is 12.0 Å². The fourth-order valence-corrected chi connectivity index (χ4v) is 5.16. The Morgan fingerprint density at radius 2 is 1.52 bits per heavy atom. The molecule has 0 bridgehead atoms. The van der Waals surface area contributed by atoms with Crippen LogP contribution in [0.1, 0.15) is 87.5 Å². The van der Waals surface area contributed by atoms with Gasteiger partial charge >= 0.3 is 5.97 Å². The largest absolute Gasteiger partial charge is 0.481 e. The second-order valence-electron chi connectivity index (χ2n) is 10.5. The molecule has 0 aromatic heterocycles. The van der Waals surface area contributed by atoms with Crippen molar-refractivity contribution >= 4 is 11.5 Å². The molecule has 0 amide bonds. The molecule has 0 saturated carbocycles. The number of carboxylic acids is 1. The third-order valence-corrected chi connectivity index (χ3v) is 7.34. The second-order valence-corrected chi connectivity index (χ2v) is 10.5. The highest BCUT2D eigenvalue weighted by molar-refractivity contribution is 5.68. The quantitative estimate of drug-likeness (QED) is 0.241. The van der Waals surface area contributed by atoms with Crippen molar-refractivity contribution in [1.29, 1.82) is 0 Å². The summed E-state index contributed by atoms with van der Waals surface area (Å²) >= 11 is 0. The number of nitrogens with one attached hydrogen (secondary N) is 1. The van der Waals surface area contributed by atoms with Crippen LogP contribution in [-0.2, 0) is 4.79 Å². The number of allylic oxidation sites excluding steroid dienone is 4. The SMILES string of the molecule is C/C=C(/CCCNC1C=CC(C(c2ccccc2)c2ccccc2)=CC1)c1ccccc1C(C)C.CCC(=O)O. The lowest BCUT2D eigenvalue weighted by molar-refractivity contribution is -0.136. The first-order chi connectivity index (χ1) is 19.4. The Bertz CT molecular complexity index is 1230. The van der Waals surface area contributed by atoms with Gasteiger partial charge in [0, 0.05) is 18.4 Å². The molecule has 210 valence electrons. The first kappa shape index (κ1) is 30.8. The molecule has 40 heavy (non-hydrogen) atoms. The molecule has 1 aliphatic carbocycles. The minimum absolute atomic E-state index is 0.222. The molecule has 0 spiro atoms. The molecule has 0 radical (unpaired) electrons. The number of carbonyl (C=O) groups is 1. The summed E-state index contributed by atoms with van der Waals surface area (Å²) in [6, 6.07) is 31.0. The average molecular weight is 536 g/mol. The van der Waals surface area contributed by atoms with E-state index in [4.69, 9.17) is 5.11 Å². The number of carboxylic acid groups (broad SMARTS) is 1. The van der Waals surface area contributed by atoms with Crippen molar-refractivity contribution in [3.8, 4) is 0 Å². The predicted octanol–water partition coefficient (Wildman–Crippen LogP) is 9.15. The minimum atomic E-state index is -0.745. The molecule has 0 fully saturated rings. The van der Waals surface area contributed by atoms with Gasteiger partial charge in [-0.25, -0.2) is 0 Å². The van der Waals surface area contributed by atoms with Crippen LogP contribution in [0, 0.1) is 0 Å². The molecule has 0 saturated heterocycles. The summed E-state index contributed by atoms with van der Waals surface area (Å²) in [7, 11) is 0. The zero-order chi connectivity index (χ0) is 28.7. The van der Waals surface area contributed by atoms with Crippen molar-refractivity contribution in [2.75, 3.05) is 6.54 Å². The van der Waals surface area contributed by atoms with E-state index < -0.39 is 5.97 Å². The highest BCUT2D eigenvalue weighted by Crippen LogP contribution is 2.34. The zero-order valence-electron chi connectivity index (χ0n) is 24.5. The van der Waals surface area contributed by atoms with Crippen molar-refractivity contribution in [3.63, 3.8) is 0 Å². The summed E-state index contributed by atoms with van der Waals surface area (Å²) in [5, 5.41) is 11.5. The Balaban J connectivity index is 0.000000810. The Kier molecular flexibility index (Phi) is 12.7. The van der Waals surface area contributed by atoms with Gasteiger partial charge in [-0.3, -0.25) is 4.79 Å².